The summed E-state index contributed by atoms with van der Waals surface area (Å²) in [6, 6.07) is 7.65. The van der Waals surface area contributed by atoms with Gasteiger partial charge in [-0.25, -0.2) is 0 Å². The number of nitrogens with zero attached hydrogens (tertiary/aromatic N) is 1. The van der Waals surface area contributed by atoms with Crippen molar-refractivity contribution in [3.63, 3.8) is 0 Å². The lowest BCUT2D eigenvalue weighted by Gasteiger charge is -2.28. The maximum Gasteiger partial charge on any atom is 0.261 e. The molecule has 0 saturated carbocycles. The van der Waals surface area contributed by atoms with Crippen molar-refractivity contribution in [1.82, 2.24) is 10.2 Å². The Hall–Kier alpha value is -2.54. The summed E-state index contributed by atoms with van der Waals surface area (Å²) < 4.78 is 0. The number of nitrogens with one attached hydrogen (secondary N) is 1. The molecule has 0 spiro atoms. The maximum absolute atomic E-state index is 13.0. The van der Waals surface area contributed by atoms with Crippen LogP contribution in [0.15, 0.2) is 30.3 Å². The third kappa shape index (κ3) is 4.98. The Kier molecular flexibility index (Phi) is 7.03. The lowest BCUT2D eigenvalue weighted by Crippen LogP contribution is -2.49. The van der Waals surface area contributed by atoms with Crippen molar-refractivity contribution < 1.29 is 19.2 Å². The normalized spacial score (nSPS) is 18.7. The summed E-state index contributed by atoms with van der Waals surface area (Å²) in [5, 5.41) is 3.00. The van der Waals surface area contributed by atoms with E-state index in [9.17, 15) is 19.2 Å². The van der Waals surface area contributed by atoms with Gasteiger partial charge < -0.3 is 11.1 Å². The topological polar surface area (TPSA) is 110 Å². The zero-order valence-electron chi connectivity index (χ0n) is 14.9. The van der Waals surface area contributed by atoms with Crippen LogP contribution in [0.2, 0.25) is 0 Å². The minimum absolute atomic E-state index is 0.0140. The average Bonchev–Trinajstić information content (AvgIpc) is 2.85. The van der Waals surface area contributed by atoms with Crippen LogP contribution in [0.25, 0.3) is 0 Å². The predicted octanol–water partition coefficient (Wildman–Crippen LogP) is 0.878. The number of ketones is 1. The number of hydrogen-bond donors (Lipinski definition) is 2. The first-order chi connectivity index (χ1) is 12.4. The molecule has 1 aliphatic rings. The fourth-order valence-electron chi connectivity index (χ4n) is 2.94. The summed E-state index contributed by atoms with van der Waals surface area (Å²) >= 11 is 0. The highest BCUT2D eigenvalue weighted by Gasteiger charge is 2.35. The van der Waals surface area contributed by atoms with Crippen molar-refractivity contribution in [2.24, 2.45) is 11.7 Å². The van der Waals surface area contributed by atoms with E-state index in [1.165, 1.54) is 0 Å². The molecule has 7 nitrogen and oxygen atoms in total. The summed E-state index contributed by atoms with van der Waals surface area (Å²) in [6.45, 7) is 2.44. The van der Waals surface area contributed by atoms with Crippen molar-refractivity contribution in [1.29, 1.82) is 0 Å². The SMILES string of the molecule is CC(CCC(=O)N(C(=O)c1ccccc1)[C@H]1CCCNCC1=O)C(N)=O. The van der Waals surface area contributed by atoms with E-state index in [-0.39, 0.29) is 25.2 Å². The summed E-state index contributed by atoms with van der Waals surface area (Å²) in [7, 11) is 0. The molecule has 1 heterocycles. The molecule has 1 unspecified atom stereocenters. The van der Waals surface area contributed by atoms with Crippen molar-refractivity contribution >= 4 is 23.5 Å². The Morgan fingerprint density at radius 1 is 1.27 bits per heavy atom. The highest BCUT2D eigenvalue weighted by atomic mass is 16.2. The maximum atomic E-state index is 13.0. The van der Waals surface area contributed by atoms with E-state index >= 15 is 0 Å². The average molecular weight is 359 g/mol. The number of imide groups is 1. The van der Waals surface area contributed by atoms with Crippen LogP contribution >= 0.6 is 0 Å². The van der Waals surface area contributed by atoms with Gasteiger partial charge in [0.05, 0.1) is 12.6 Å². The van der Waals surface area contributed by atoms with Gasteiger partial charge in [-0.1, -0.05) is 25.1 Å². The monoisotopic (exact) mass is 359 g/mol. The lowest BCUT2D eigenvalue weighted by atomic mass is 10.0. The first-order valence-electron chi connectivity index (χ1n) is 8.86. The summed E-state index contributed by atoms with van der Waals surface area (Å²) in [4.78, 5) is 50.5. The van der Waals surface area contributed by atoms with Gasteiger partial charge in [-0.05, 0) is 37.9 Å². The molecular weight excluding hydrogens is 334 g/mol. The molecule has 3 N–H and O–H groups in total. The second-order valence-corrected chi connectivity index (χ2v) is 6.58. The van der Waals surface area contributed by atoms with Crippen LogP contribution in [0.3, 0.4) is 0 Å². The number of amides is 3. The van der Waals surface area contributed by atoms with Gasteiger partial charge in [-0.2, -0.15) is 0 Å². The molecule has 1 saturated heterocycles. The molecule has 0 radical (unpaired) electrons. The second-order valence-electron chi connectivity index (χ2n) is 6.58. The first kappa shape index (κ1) is 19.8. The third-order valence-corrected chi connectivity index (χ3v) is 4.60. The van der Waals surface area contributed by atoms with Crippen LogP contribution in [0.4, 0.5) is 0 Å². The number of carbonyl (C=O) groups is 4. The molecule has 0 bridgehead atoms. The summed E-state index contributed by atoms with van der Waals surface area (Å²) in [5.74, 6) is -2.08. The van der Waals surface area contributed by atoms with Gasteiger partial charge in [0.2, 0.25) is 11.8 Å². The molecule has 0 aromatic heterocycles. The molecule has 3 amide bonds. The van der Waals surface area contributed by atoms with Crippen molar-refractivity contribution in [3.05, 3.63) is 35.9 Å². The van der Waals surface area contributed by atoms with E-state index in [0.717, 1.165) is 4.90 Å². The molecule has 1 aromatic rings. The number of Topliss-reactive ketones (excluding diaryl/α,β-unsaturated/α-hetero) is 1. The molecule has 1 fully saturated rings. The van der Waals surface area contributed by atoms with Crippen LogP contribution in [0, 0.1) is 5.92 Å². The van der Waals surface area contributed by atoms with E-state index in [0.29, 0.717) is 24.9 Å². The van der Waals surface area contributed by atoms with Gasteiger partial charge in [-0.3, -0.25) is 24.1 Å². The standard InChI is InChI=1S/C19H25N3O4/c1-13(18(20)25)9-10-17(24)22(15-8-5-11-21-12-16(15)23)19(26)14-6-3-2-4-7-14/h2-4,6-7,13,15,21H,5,8-12H2,1H3,(H2,20,25)/t13?,15-/m0/s1. The third-order valence-electron chi connectivity index (χ3n) is 4.60. The lowest BCUT2D eigenvalue weighted by molar-refractivity contribution is -0.136. The largest absolute Gasteiger partial charge is 0.369 e. The minimum Gasteiger partial charge on any atom is -0.369 e. The summed E-state index contributed by atoms with van der Waals surface area (Å²) in [5.41, 5.74) is 5.60. The first-order valence-corrected chi connectivity index (χ1v) is 8.86. The van der Waals surface area contributed by atoms with Gasteiger partial charge in [0.1, 0.15) is 0 Å². The van der Waals surface area contributed by atoms with Gasteiger partial charge in [-0.15, -0.1) is 0 Å². The molecule has 1 aliphatic heterocycles. The number of primary amides is 1. The Morgan fingerprint density at radius 3 is 2.62 bits per heavy atom. The molecule has 2 atom stereocenters. The Morgan fingerprint density at radius 2 is 1.96 bits per heavy atom. The molecule has 2 rings (SSSR count). The van der Waals surface area contributed by atoms with E-state index < -0.39 is 29.7 Å². The van der Waals surface area contributed by atoms with Gasteiger partial charge >= 0.3 is 0 Å². The smallest absolute Gasteiger partial charge is 0.261 e. The Balaban J connectivity index is 2.25. The van der Waals surface area contributed by atoms with Crippen LogP contribution in [0.5, 0.6) is 0 Å². The zero-order chi connectivity index (χ0) is 19.1. The van der Waals surface area contributed by atoms with Gasteiger partial charge in [0.15, 0.2) is 5.78 Å². The number of benzene rings is 1. The number of nitrogens with two attached hydrogens (primary N) is 1. The predicted molar refractivity (Wildman–Crippen MR) is 96.1 cm³/mol. The van der Waals surface area contributed by atoms with Crippen LogP contribution in [-0.2, 0) is 14.4 Å². The van der Waals surface area contributed by atoms with E-state index in [1.807, 2.05) is 0 Å². The fraction of sp³-hybridized carbons (Fsp3) is 0.474. The molecule has 26 heavy (non-hydrogen) atoms. The van der Waals surface area contributed by atoms with Crippen molar-refractivity contribution in [2.45, 2.75) is 38.6 Å². The van der Waals surface area contributed by atoms with E-state index in [2.05, 4.69) is 5.32 Å². The molecular formula is C19H25N3O4. The van der Waals surface area contributed by atoms with E-state index in [4.69, 9.17) is 5.73 Å². The molecule has 140 valence electrons. The van der Waals surface area contributed by atoms with Crippen LogP contribution < -0.4 is 11.1 Å². The van der Waals surface area contributed by atoms with Crippen LogP contribution in [-0.4, -0.2) is 47.5 Å². The van der Waals surface area contributed by atoms with Crippen molar-refractivity contribution in [2.75, 3.05) is 13.1 Å². The fourth-order valence-corrected chi connectivity index (χ4v) is 2.94. The Bertz CT molecular complexity index is 675. The van der Waals surface area contributed by atoms with Crippen molar-refractivity contribution in [3.8, 4) is 0 Å². The quantitative estimate of drug-likeness (QED) is 0.783. The number of rotatable bonds is 6. The zero-order valence-corrected chi connectivity index (χ0v) is 14.9. The molecule has 0 aliphatic carbocycles. The number of hydrogen-bond acceptors (Lipinski definition) is 5. The van der Waals surface area contributed by atoms with Gasteiger partial charge in [0, 0.05) is 17.9 Å². The number of carbonyl (C=O) groups excluding carboxylic acids is 4. The molecule has 7 heteroatoms. The highest BCUT2D eigenvalue weighted by molar-refractivity contribution is 6.08. The van der Waals surface area contributed by atoms with Gasteiger partial charge in [0.25, 0.3) is 5.91 Å². The second kappa shape index (κ2) is 9.24. The Labute approximate surface area is 152 Å². The minimum atomic E-state index is -0.783. The van der Waals surface area contributed by atoms with Crippen LogP contribution in [0.1, 0.15) is 43.0 Å². The molecule has 1 aromatic carbocycles. The van der Waals surface area contributed by atoms with E-state index in [1.54, 1.807) is 37.3 Å². The summed E-state index contributed by atoms with van der Waals surface area (Å²) in [6.07, 6.45) is 1.35. The highest BCUT2D eigenvalue weighted by Crippen LogP contribution is 2.18.